The second-order valence-corrected chi connectivity index (χ2v) is 7.92. The molecule has 4 aromatic rings. The van der Waals surface area contributed by atoms with Crippen molar-refractivity contribution in [1.82, 2.24) is 24.6 Å². The van der Waals surface area contributed by atoms with E-state index in [2.05, 4.69) is 52.3 Å². The Morgan fingerprint density at radius 1 is 0.935 bits per heavy atom. The SMILES string of the molecule is CCN1CCN(c2nc(Nc3cccc(C)c3)c3cnn(-c4ccccc4)c3n2)CC1. The molecule has 2 aromatic heterocycles. The molecule has 0 amide bonds. The van der Waals surface area contributed by atoms with E-state index in [1.165, 1.54) is 5.56 Å². The number of fused-ring (bicyclic) bond motifs is 1. The first-order valence-electron chi connectivity index (χ1n) is 10.8. The Morgan fingerprint density at radius 3 is 2.48 bits per heavy atom. The zero-order valence-electron chi connectivity index (χ0n) is 18.0. The van der Waals surface area contributed by atoms with Gasteiger partial charge in [-0.05, 0) is 43.3 Å². The summed E-state index contributed by atoms with van der Waals surface area (Å²) >= 11 is 0. The number of anilines is 3. The van der Waals surface area contributed by atoms with Crippen molar-refractivity contribution in [2.75, 3.05) is 42.9 Å². The van der Waals surface area contributed by atoms with Crippen LogP contribution in [0.15, 0.2) is 60.8 Å². The minimum atomic E-state index is 0.746. The van der Waals surface area contributed by atoms with Crippen LogP contribution in [0.3, 0.4) is 0 Å². The minimum Gasteiger partial charge on any atom is -0.339 e. The molecule has 158 valence electrons. The van der Waals surface area contributed by atoms with Gasteiger partial charge >= 0.3 is 0 Å². The van der Waals surface area contributed by atoms with Crippen LogP contribution in [-0.2, 0) is 0 Å². The molecule has 1 aliphatic rings. The standard InChI is InChI=1S/C24H27N7/c1-3-29-12-14-30(15-13-29)24-27-22(26-19-9-7-8-18(2)16-19)21-17-25-31(23(21)28-24)20-10-5-4-6-11-20/h4-11,16-17H,3,12-15H2,1-2H3,(H,26,27,28). The van der Waals surface area contributed by atoms with E-state index < -0.39 is 0 Å². The number of aryl methyl sites for hydroxylation is 1. The number of piperazine rings is 1. The number of aromatic nitrogens is 4. The first-order chi connectivity index (χ1) is 15.2. The van der Waals surface area contributed by atoms with Crippen LogP contribution in [0.1, 0.15) is 12.5 Å². The summed E-state index contributed by atoms with van der Waals surface area (Å²) in [6, 6.07) is 18.4. The normalized spacial score (nSPS) is 14.8. The highest BCUT2D eigenvalue weighted by atomic mass is 15.4. The molecule has 1 saturated heterocycles. The second kappa shape index (κ2) is 8.35. The van der Waals surface area contributed by atoms with Gasteiger partial charge in [-0.15, -0.1) is 0 Å². The quantitative estimate of drug-likeness (QED) is 0.533. The first-order valence-corrected chi connectivity index (χ1v) is 10.8. The Labute approximate surface area is 182 Å². The van der Waals surface area contributed by atoms with E-state index in [1.54, 1.807) is 0 Å². The van der Waals surface area contributed by atoms with E-state index in [0.29, 0.717) is 0 Å². The summed E-state index contributed by atoms with van der Waals surface area (Å²) in [5.74, 6) is 1.53. The Kier molecular flexibility index (Phi) is 5.26. The molecule has 7 heteroatoms. The third-order valence-corrected chi connectivity index (χ3v) is 5.80. The highest BCUT2D eigenvalue weighted by molar-refractivity contribution is 5.90. The summed E-state index contributed by atoms with van der Waals surface area (Å²) in [6.45, 7) is 9.26. The third-order valence-electron chi connectivity index (χ3n) is 5.80. The molecule has 1 N–H and O–H groups in total. The van der Waals surface area contributed by atoms with Gasteiger partial charge in [0.2, 0.25) is 5.95 Å². The number of rotatable bonds is 5. The van der Waals surface area contributed by atoms with E-state index in [-0.39, 0.29) is 0 Å². The van der Waals surface area contributed by atoms with Gasteiger partial charge in [0.15, 0.2) is 5.65 Å². The maximum absolute atomic E-state index is 4.96. The Morgan fingerprint density at radius 2 is 1.74 bits per heavy atom. The Hall–Kier alpha value is -3.45. The minimum absolute atomic E-state index is 0.746. The van der Waals surface area contributed by atoms with E-state index in [0.717, 1.165) is 66.9 Å². The van der Waals surface area contributed by atoms with Gasteiger partial charge in [0.05, 0.1) is 17.3 Å². The van der Waals surface area contributed by atoms with Gasteiger partial charge in [-0.2, -0.15) is 15.1 Å². The number of nitrogens with one attached hydrogen (secondary N) is 1. The highest BCUT2D eigenvalue weighted by Crippen LogP contribution is 2.28. The summed E-state index contributed by atoms with van der Waals surface area (Å²) in [7, 11) is 0. The summed E-state index contributed by atoms with van der Waals surface area (Å²) in [5, 5.41) is 9.06. The van der Waals surface area contributed by atoms with Crippen LogP contribution in [0.2, 0.25) is 0 Å². The molecule has 5 rings (SSSR count). The van der Waals surface area contributed by atoms with Crippen LogP contribution in [-0.4, -0.2) is 57.4 Å². The lowest BCUT2D eigenvalue weighted by atomic mass is 10.2. The van der Waals surface area contributed by atoms with Crippen LogP contribution in [0.5, 0.6) is 0 Å². The van der Waals surface area contributed by atoms with Gasteiger partial charge in [0, 0.05) is 31.9 Å². The fraction of sp³-hybridized carbons (Fsp3) is 0.292. The van der Waals surface area contributed by atoms with Gasteiger partial charge in [0.25, 0.3) is 0 Å². The van der Waals surface area contributed by atoms with Crippen LogP contribution in [0, 0.1) is 6.92 Å². The lowest BCUT2D eigenvalue weighted by Gasteiger charge is -2.34. The molecule has 0 aliphatic carbocycles. The van der Waals surface area contributed by atoms with Crippen molar-refractivity contribution in [2.45, 2.75) is 13.8 Å². The second-order valence-electron chi connectivity index (χ2n) is 7.92. The molecule has 0 spiro atoms. The number of likely N-dealkylation sites (N-methyl/N-ethyl adjacent to an activating group) is 1. The topological polar surface area (TPSA) is 62.1 Å². The largest absolute Gasteiger partial charge is 0.339 e. The van der Waals surface area contributed by atoms with Crippen molar-refractivity contribution in [3.05, 3.63) is 66.4 Å². The zero-order chi connectivity index (χ0) is 21.2. The molecule has 1 aliphatic heterocycles. The smallest absolute Gasteiger partial charge is 0.229 e. The molecular formula is C24H27N7. The Bertz CT molecular complexity index is 1180. The van der Waals surface area contributed by atoms with E-state index in [9.17, 15) is 0 Å². The summed E-state index contributed by atoms with van der Waals surface area (Å²) in [5.41, 5.74) is 4.00. The average Bonchev–Trinajstić information content (AvgIpc) is 3.24. The van der Waals surface area contributed by atoms with Crippen molar-refractivity contribution in [2.24, 2.45) is 0 Å². The molecule has 0 unspecified atom stereocenters. The summed E-state index contributed by atoms with van der Waals surface area (Å²) < 4.78 is 1.89. The van der Waals surface area contributed by atoms with Crippen molar-refractivity contribution >= 4 is 28.5 Å². The summed E-state index contributed by atoms with van der Waals surface area (Å²) in [4.78, 5) is 14.6. The zero-order valence-corrected chi connectivity index (χ0v) is 18.0. The van der Waals surface area contributed by atoms with E-state index >= 15 is 0 Å². The van der Waals surface area contributed by atoms with Crippen molar-refractivity contribution < 1.29 is 0 Å². The lowest BCUT2D eigenvalue weighted by molar-refractivity contribution is 0.270. The van der Waals surface area contributed by atoms with Crippen LogP contribution in [0.4, 0.5) is 17.5 Å². The molecular weight excluding hydrogens is 386 g/mol. The molecule has 3 heterocycles. The van der Waals surface area contributed by atoms with Crippen molar-refractivity contribution in [3.63, 3.8) is 0 Å². The van der Waals surface area contributed by atoms with Crippen molar-refractivity contribution in [1.29, 1.82) is 0 Å². The van der Waals surface area contributed by atoms with Crippen LogP contribution >= 0.6 is 0 Å². The lowest BCUT2D eigenvalue weighted by Crippen LogP contribution is -2.46. The van der Waals surface area contributed by atoms with Gasteiger partial charge in [-0.3, -0.25) is 0 Å². The van der Waals surface area contributed by atoms with Crippen LogP contribution in [0.25, 0.3) is 16.7 Å². The number of hydrogen-bond donors (Lipinski definition) is 1. The van der Waals surface area contributed by atoms with Crippen molar-refractivity contribution in [3.8, 4) is 5.69 Å². The monoisotopic (exact) mass is 413 g/mol. The van der Waals surface area contributed by atoms with Crippen LogP contribution < -0.4 is 10.2 Å². The predicted octanol–water partition coefficient (Wildman–Crippen LogP) is 4.01. The number of hydrogen-bond acceptors (Lipinski definition) is 6. The molecule has 0 radical (unpaired) electrons. The molecule has 0 saturated carbocycles. The molecule has 1 fully saturated rings. The van der Waals surface area contributed by atoms with E-state index in [4.69, 9.17) is 9.97 Å². The number of para-hydroxylation sites is 1. The maximum atomic E-state index is 4.96. The van der Waals surface area contributed by atoms with Gasteiger partial charge in [-0.25, -0.2) is 4.68 Å². The van der Waals surface area contributed by atoms with E-state index in [1.807, 2.05) is 47.3 Å². The maximum Gasteiger partial charge on any atom is 0.229 e. The van der Waals surface area contributed by atoms with Gasteiger partial charge in [0.1, 0.15) is 5.82 Å². The third kappa shape index (κ3) is 3.96. The molecule has 0 atom stereocenters. The fourth-order valence-electron chi connectivity index (χ4n) is 4.02. The molecule has 31 heavy (non-hydrogen) atoms. The average molecular weight is 414 g/mol. The van der Waals surface area contributed by atoms with Gasteiger partial charge < -0.3 is 15.1 Å². The van der Waals surface area contributed by atoms with Gasteiger partial charge in [-0.1, -0.05) is 37.3 Å². The highest BCUT2D eigenvalue weighted by Gasteiger charge is 2.21. The molecule has 2 aromatic carbocycles. The number of benzene rings is 2. The first kappa shape index (κ1) is 19.5. The summed E-state index contributed by atoms with van der Waals surface area (Å²) in [6.07, 6.45) is 1.85. The fourth-order valence-corrected chi connectivity index (χ4v) is 4.02. The number of nitrogens with zero attached hydrogens (tertiary/aromatic N) is 6. The Balaban J connectivity index is 1.59. The molecule has 7 nitrogen and oxygen atoms in total. The molecule has 0 bridgehead atoms. The predicted molar refractivity (Wildman–Crippen MR) is 125 cm³/mol.